The SMILES string of the molecule is Cc1ccc(C)c(NC(=O)C(Sc2nnc(N3CCOCC3)n2C2CC2)c2ccccc2)c1. The van der Waals surface area contributed by atoms with Crippen molar-refractivity contribution in [3.05, 3.63) is 65.2 Å². The molecule has 0 bridgehead atoms. The fraction of sp³-hybridized carbons (Fsp3) is 0.400. The summed E-state index contributed by atoms with van der Waals surface area (Å²) >= 11 is 1.48. The molecule has 0 radical (unpaired) electrons. The first kappa shape index (κ1) is 22.0. The molecule has 8 heteroatoms. The van der Waals surface area contributed by atoms with E-state index < -0.39 is 5.25 Å². The number of hydrogen-bond acceptors (Lipinski definition) is 6. The largest absolute Gasteiger partial charge is 0.378 e. The van der Waals surface area contributed by atoms with E-state index >= 15 is 0 Å². The molecule has 3 aromatic rings. The Labute approximate surface area is 198 Å². The third-order valence-electron chi connectivity index (χ3n) is 6.07. The van der Waals surface area contributed by atoms with E-state index in [0.29, 0.717) is 19.3 Å². The van der Waals surface area contributed by atoms with Gasteiger partial charge in [0.05, 0.1) is 13.2 Å². The smallest absolute Gasteiger partial charge is 0.242 e. The van der Waals surface area contributed by atoms with Crippen LogP contribution in [-0.4, -0.2) is 47.0 Å². The lowest BCUT2D eigenvalue weighted by molar-refractivity contribution is -0.115. The first-order chi connectivity index (χ1) is 16.1. The molecular weight excluding hydrogens is 434 g/mol. The Morgan fingerprint density at radius 2 is 1.85 bits per heavy atom. The van der Waals surface area contributed by atoms with Crippen molar-refractivity contribution in [1.82, 2.24) is 14.8 Å². The number of nitrogens with zero attached hydrogens (tertiary/aromatic N) is 4. The van der Waals surface area contributed by atoms with Crippen LogP contribution in [0.2, 0.25) is 0 Å². The molecule has 2 heterocycles. The van der Waals surface area contributed by atoms with Crippen LogP contribution in [0.1, 0.15) is 40.8 Å². The van der Waals surface area contributed by atoms with Crippen LogP contribution in [0.5, 0.6) is 0 Å². The van der Waals surface area contributed by atoms with Gasteiger partial charge >= 0.3 is 0 Å². The second-order valence-electron chi connectivity index (χ2n) is 8.70. The van der Waals surface area contributed by atoms with E-state index in [1.807, 2.05) is 56.3 Å². The maximum absolute atomic E-state index is 13.6. The number of carbonyl (C=O) groups is 1. The Bertz CT molecular complexity index is 1120. The van der Waals surface area contributed by atoms with Gasteiger partial charge < -0.3 is 15.0 Å². The average Bonchev–Trinajstić information content (AvgIpc) is 3.60. The van der Waals surface area contributed by atoms with Gasteiger partial charge in [0.15, 0.2) is 5.16 Å². The molecule has 1 unspecified atom stereocenters. The van der Waals surface area contributed by atoms with E-state index in [1.165, 1.54) is 11.8 Å². The minimum atomic E-state index is -0.439. The topological polar surface area (TPSA) is 72.3 Å². The summed E-state index contributed by atoms with van der Waals surface area (Å²) in [7, 11) is 0. The summed E-state index contributed by atoms with van der Waals surface area (Å²) in [5.74, 6) is 0.836. The zero-order chi connectivity index (χ0) is 22.8. The molecule has 33 heavy (non-hydrogen) atoms. The fourth-order valence-corrected chi connectivity index (χ4v) is 5.16. The second kappa shape index (κ2) is 9.57. The van der Waals surface area contributed by atoms with Crippen LogP contribution in [0.4, 0.5) is 11.6 Å². The molecule has 1 aliphatic carbocycles. The van der Waals surface area contributed by atoms with Gasteiger partial charge in [0, 0.05) is 24.8 Å². The number of hydrogen-bond donors (Lipinski definition) is 1. The van der Waals surface area contributed by atoms with Crippen LogP contribution in [0.15, 0.2) is 53.7 Å². The van der Waals surface area contributed by atoms with Gasteiger partial charge in [-0.15, -0.1) is 10.2 Å². The number of benzene rings is 2. The van der Waals surface area contributed by atoms with Crippen LogP contribution in [0.3, 0.4) is 0 Å². The van der Waals surface area contributed by atoms with E-state index in [9.17, 15) is 4.79 Å². The van der Waals surface area contributed by atoms with Gasteiger partial charge in [0.25, 0.3) is 0 Å². The first-order valence-electron chi connectivity index (χ1n) is 11.5. The molecular formula is C25H29N5O2S. The molecule has 1 saturated heterocycles. The minimum absolute atomic E-state index is 0.0573. The summed E-state index contributed by atoms with van der Waals surface area (Å²) in [5, 5.41) is 12.6. The average molecular weight is 464 g/mol. The predicted molar refractivity (Wildman–Crippen MR) is 131 cm³/mol. The van der Waals surface area contributed by atoms with Gasteiger partial charge in [-0.2, -0.15) is 0 Å². The van der Waals surface area contributed by atoms with Gasteiger partial charge in [0.2, 0.25) is 11.9 Å². The Kier molecular flexibility index (Phi) is 6.37. The van der Waals surface area contributed by atoms with Crippen molar-refractivity contribution in [2.45, 2.75) is 43.1 Å². The van der Waals surface area contributed by atoms with Crippen molar-refractivity contribution >= 4 is 29.3 Å². The van der Waals surface area contributed by atoms with Crippen LogP contribution < -0.4 is 10.2 Å². The molecule has 1 saturated carbocycles. The van der Waals surface area contributed by atoms with Crippen molar-refractivity contribution in [3.63, 3.8) is 0 Å². The third-order valence-corrected chi connectivity index (χ3v) is 7.28. The van der Waals surface area contributed by atoms with Crippen molar-refractivity contribution in [3.8, 4) is 0 Å². The third kappa shape index (κ3) is 4.91. The van der Waals surface area contributed by atoms with E-state index in [2.05, 4.69) is 31.0 Å². The molecule has 5 rings (SSSR count). The molecule has 2 aliphatic rings. The van der Waals surface area contributed by atoms with Gasteiger partial charge in [-0.05, 0) is 49.4 Å². The lowest BCUT2D eigenvalue weighted by Crippen LogP contribution is -2.38. The molecule has 172 valence electrons. The number of anilines is 2. The standard InChI is InChI=1S/C25H29N5O2S/c1-17-8-9-18(2)21(16-17)26-23(31)22(19-6-4-3-5-7-19)33-25-28-27-24(30(25)20-10-11-20)29-12-14-32-15-13-29/h3-9,16,20,22H,10-15H2,1-2H3,(H,26,31). The normalized spacial score (nSPS) is 17.1. The van der Waals surface area contributed by atoms with Crippen LogP contribution in [-0.2, 0) is 9.53 Å². The van der Waals surface area contributed by atoms with Crippen LogP contribution in [0.25, 0.3) is 0 Å². The molecule has 2 aromatic carbocycles. The molecule has 1 aromatic heterocycles. The number of carbonyl (C=O) groups excluding carboxylic acids is 1. The summed E-state index contributed by atoms with van der Waals surface area (Å²) in [6.45, 7) is 7.06. The number of rotatable bonds is 7. The Hall–Kier alpha value is -2.84. The number of ether oxygens (including phenoxy) is 1. The number of aryl methyl sites for hydroxylation is 2. The van der Waals surface area contributed by atoms with Crippen molar-refractivity contribution < 1.29 is 9.53 Å². The summed E-state index contributed by atoms with van der Waals surface area (Å²) in [6.07, 6.45) is 2.24. The molecule has 1 atom stereocenters. The summed E-state index contributed by atoms with van der Waals surface area (Å²) in [4.78, 5) is 15.8. The van der Waals surface area contributed by atoms with Gasteiger partial charge in [0.1, 0.15) is 5.25 Å². The molecule has 1 N–H and O–H groups in total. The lowest BCUT2D eigenvalue weighted by Gasteiger charge is -2.28. The van der Waals surface area contributed by atoms with Crippen LogP contribution in [0, 0.1) is 13.8 Å². The highest BCUT2D eigenvalue weighted by atomic mass is 32.2. The summed E-state index contributed by atoms with van der Waals surface area (Å²) in [6, 6.07) is 16.4. The highest BCUT2D eigenvalue weighted by molar-refractivity contribution is 8.00. The Balaban J connectivity index is 1.45. The summed E-state index contributed by atoms with van der Waals surface area (Å²) in [5.41, 5.74) is 3.95. The highest BCUT2D eigenvalue weighted by Gasteiger charge is 2.34. The monoisotopic (exact) mass is 463 g/mol. The highest BCUT2D eigenvalue weighted by Crippen LogP contribution is 2.44. The first-order valence-corrected chi connectivity index (χ1v) is 12.4. The maximum Gasteiger partial charge on any atom is 0.242 e. The predicted octanol–water partition coefficient (Wildman–Crippen LogP) is 4.54. The Morgan fingerprint density at radius 3 is 2.58 bits per heavy atom. The number of morpholine rings is 1. The molecule has 1 aliphatic heterocycles. The summed E-state index contributed by atoms with van der Waals surface area (Å²) < 4.78 is 7.75. The molecule has 7 nitrogen and oxygen atoms in total. The van der Waals surface area contributed by atoms with E-state index in [0.717, 1.165) is 59.4 Å². The van der Waals surface area contributed by atoms with Crippen molar-refractivity contribution in [1.29, 1.82) is 0 Å². The fourth-order valence-electron chi connectivity index (χ4n) is 4.06. The maximum atomic E-state index is 13.6. The van der Waals surface area contributed by atoms with Crippen LogP contribution >= 0.6 is 11.8 Å². The molecule has 2 fully saturated rings. The molecule has 0 spiro atoms. The number of nitrogens with one attached hydrogen (secondary N) is 1. The van der Waals surface area contributed by atoms with E-state index in [1.54, 1.807) is 0 Å². The van der Waals surface area contributed by atoms with Crippen molar-refractivity contribution in [2.24, 2.45) is 0 Å². The number of amides is 1. The number of thioether (sulfide) groups is 1. The lowest BCUT2D eigenvalue weighted by atomic mass is 10.1. The quantitative estimate of drug-likeness (QED) is 0.519. The van der Waals surface area contributed by atoms with Gasteiger partial charge in [-0.3, -0.25) is 9.36 Å². The Morgan fingerprint density at radius 1 is 1.09 bits per heavy atom. The molecule has 1 amide bonds. The second-order valence-corrected chi connectivity index (χ2v) is 9.77. The minimum Gasteiger partial charge on any atom is -0.378 e. The zero-order valence-electron chi connectivity index (χ0n) is 19.0. The van der Waals surface area contributed by atoms with E-state index in [-0.39, 0.29) is 5.91 Å². The van der Waals surface area contributed by atoms with Gasteiger partial charge in [-0.25, -0.2) is 0 Å². The van der Waals surface area contributed by atoms with Crippen molar-refractivity contribution in [2.75, 3.05) is 36.5 Å². The van der Waals surface area contributed by atoms with E-state index in [4.69, 9.17) is 4.74 Å². The number of aromatic nitrogens is 3. The van der Waals surface area contributed by atoms with Gasteiger partial charge in [-0.1, -0.05) is 54.2 Å². The zero-order valence-corrected chi connectivity index (χ0v) is 19.8.